The van der Waals surface area contributed by atoms with Crippen LogP contribution in [0.15, 0.2) is 18.2 Å². The number of hydrogen-bond acceptors (Lipinski definition) is 7. The Morgan fingerprint density at radius 1 is 1.48 bits per heavy atom. The molecule has 1 aromatic carbocycles. The summed E-state index contributed by atoms with van der Waals surface area (Å²) in [6.45, 7) is 1.59. The lowest BCUT2D eigenvalue weighted by Gasteiger charge is -2.13. The number of carbonyl (C=O) groups is 2. The Morgan fingerprint density at radius 3 is 2.57 bits per heavy atom. The summed E-state index contributed by atoms with van der Waals surface area (Å²) in [6.07, 6.45) is 0.160. The van der Waals surface area contributed by atoms with Gasteiger partial charge in [0.15, 0.2) is 0 Å². The van der Waals surface area contributed by atoms with Crippen LogP contribution in [0.2, 0.25) is 0 Å². The molecule has 0 saturated carbocycles. The molecule has 0 aliphatic heterocycles. The summed E-state index contributed by atoms with van der Waals surface area (Å²) in [5.74, 6) is -3.60. The number of aromatic hydroxyl groups is 1. The number of ether oxygens (including phenoxy) is 1. The number of Topliss-reactive ketones (excluding diaryl/α,β-unsaturated/α-hetero) is 1. The summed E-state index contributed by atoms with van der Waals surface area (Å²) in [5, 5.41) is 28.2. The minimum absolute atomic E-state index is 0.160. The fourth-order valence-corrected chi connectivity index (χ4v) is 1.80. The van der Waals surface area contributed by atoms with Crippen LogP contribution in [-0.2, 0) is 9.53 Å². The zero-order chi connectivity index (χ0) is 16.2. The van der Waals surface area contributed by atoms with E-state index in [1.54, 1.807) is 6.92 Å². The van der Waals surface area contributed by atoms with Crippen LogP contribution in [0.4, 0.5) is 5.69 Å². The topological polar surface area (TPSA) is 131 Å². The molecule has 0 heterocycles. The highest BCUT2D eigenvalue weighted by Gasteiger charge is 2.31. The lowest BCUT2D eigenvalue weighted by molar-refractivity contribution is -0.385. The van der Waals surface area contributed by atoms with E-state index in [1.165, 1.54) is 6.07 Å². The number of methoxy groups -OCH3 is 1. The zero-order valence-electron chi connectivity index (χ0n) is 11.5. The summed E-state index contributed by atoms with van der Waals surface area (Å²) in [7, 11) is 1.13. The van der Waals surface area contributed by atoms with Gasteiger partial charge in [0.25, 0.3) is 0 Å². The molecular formula is C13H14N2O6. The molecule has 0 bridgehead atoms. The second kappa shape index (κ2) is 6.60. The van der Waals surface area contributed by atoms with E-state index < -0.39 is 45.3 Å². The molecule has 0 amide bonds. The van der Waals surface area contributed by atoms with E-state index in [9.17, 15) is 24.8 Å². The minimum atomic E-state index is -1.08. The van der Waals surface area contributed by atoms with Gasteiger partial charge < -0.3 is 15.3 Å². The van der Waals surface area contributed by atoms with Gasteiger partial charge in [0.05, 0.1) is 23.3 Å². The van der Waals surface area contributed by atoms with Crippen LogP contribution in [0, 0.1) is 21.4 Å². The first-order valence-electron chi connectivity index (χ1n) is 6.02. The number of benzene rings is 1. The number of ketones is 1. The Bertz CT molecular complexity index is 611. The molecule has 0 aromatic heterocycles. The number of nitrogens with zero attached hydrogens (tertiary/aromatic N) is 1. The Balaban J connectivity index is 3.20. The molecule has 0 unspecified atom stereocenters. The van der Waals surface area contributed by atoms with Gasteiger partial charge in [0.1, 0.15) is 5.92 Å². The lowest BCUT2D eigenvalue weighted by Crippen LogP contribution is -2.30. The van der Waals surface area contributed by atoms with Gasteiger partial charge in [-0.05, 0) is 12.5 Å². The highest BCUT2D eigenvalue weighted by Crippen LogP contribution is 2.30. The van der Waals surface area contributed by atoms with E-state index in [4.69, 9.17) is 5.41 Å². The number of nitrogens with one attached hydrogen (secondary N) is 1. The van der Waals surface area contributed by atoms with Crippen molar-refractivity contribution in [2.45, 2.75) is 13.3 Å². The van der Waals surface area contributed by atoms with Gasteiger partial charge in [-0.1, -0.05) is 13.0 Å². The maximum absolute atomic E-state index is 12.1. The molecule has 0 radical (unpaired) electrons. The predicted octanol–water partition coefficient (Wildman–Crippen LogP) is 1.70. The van der Waals surface area contributed by atoms with Gasteiger partial charge >= 0.3 is 11.7 Å². The van der Waals surface area contributed by atoms with Gasteiger partial charge in [0.2, 0.25) is 11.5 Å². The summed E-state index contributed by atoms with van der Waals surface area (Å²) < 4.78 is 4.50. The molecule has 112 valence electrons. The summed E-state index contributed by atoms with van der Waals surface area (Å²) >= 11 is 0. The number of nitro groups is 1. The van der Waals surface area contributed by atoms with E-state index in [1.807, 2.05) is 0 Å². The summed E-state index contributed by atoms with van der Waals surface area (Å²) in [6, 6.07) is 3.41. The molecule has 0 aliphatic carbocycles. The second-order valence-electron chi connectivity index (χ2n) is 4.16. The van der Waals surface area contributed by atoms with E-state index in [-0.39, 0.29) is 6.42 Å². The third-order valence-electron chi connectivity index (χ3n) is 2.94. The van der Waals surface area contributed by atoms with Crippen LogP contribution < -0.4 is 0 Å². The first kappa shape index (κ1) is 16.3. The van der Waals surface area contributed by atoms with Crippen LogP contribution in [0.25, 0.3) is 0 Å². The quantitative estimate of drug-likeness (QED) is 0.270. The van der Waals surface area contributed by atoms with Crippen LogP contribution in [-0.4, -0.2) is 34.6 Å². The van der Waals surface area contributed by atoms with Crippen LogP contribution in [0.5, 0.6) is 5.75 Å². The highest BCUT2D eigenvalue weighted by molar-refractivity contribution is 6.48. The number of phenols is 1. The zero-order valence-corrected chi connectivity index (χ0v) is 11.5. The smallest absolute Gasteiger partial charge is 0.314 e. The lowest BCUT2D eigenvalue weighted by atomic mass is 9.93. The Hall–Kier alpha value is -2.77. The molecule has 8 heteroatoms. The average Bonchev–Trinajstić information content (AvgIpc) is 2.46. The minimum Gasteiger partial charge on any atom is -0.502 e. The molecular weight excluding hydrogens is 280 g/mol. The van der Waals surface area contributed by atoms with E-state index in [0.29, 0.717) is 0 Å². The number of carbonyl (C=O) groups excluding carboxylic acids is 2. The second-order valence-corrected chi connectivity index (χ2v) is 4.16. The number of phenolic OH excluding ortho intramolecular Hbond substituents is 1. The number of hydrogen-bond donors (Lipinski definition) is 2. The number of para-hydroxylation sites is 1. The fourth-order valence-electron chi connectivity index (χ4n) is 1.80. The molecule has 0 spiro atoms. The van der Waals surface area contributed by atoms with Gasteiger partial charge in [-0.25, -0.2) is 0 Å². The van der Waals surface area contributed by atoms with E-state index in [0.717, 1.165) is 19.2 Å². The summed E-state index contributed by atoms with van der Waals surface area (Å²) in [4.78, 5) is 33.5. The molecule has 21 heavy (non-hydrogen) atoms. The Morgan fingerprint density at radius 2 is 2.10 bits per heavy atom. The molecule has 0 fully saturated rings. The third-order valence-corrected chi connectivity index (χ3v) is 2.94. The molecule has 0 aliphatic rings. The molecule has 1 rings (SSSR count). The number of rotatable bonds is 6. The van der Waals surface area contributed by atoms with Gasteiger partial charge in [-0.2, -0.15) is 0 Å². The van der Waals surface area contributed by atoms with Crippen molar-refractivity contribution in [3.8, 4) is 5.75 Å². The molecule has 2 N–H and O–H groups in total. The van der Waals surface area contributed by atoms with Crippen molar-refractivity contribution in [2.24, 2.45) is 5.92 Å². The Labute approximate surface area is 120 Å². The normalized spacial score (nSPS) is 11.5. The van der Waals surface area contributed by atoms with Gasteiger partial charge in [0, 0.05) is 6.07 Å². The fraction of sp³-hybridized carbons (Fsp3) is 0.308. The van der Waals surface area contributed by atoms with Crippen molar-refractivity contribution < 1.29 is 24.4 Å². The van der Waals surface area contributed by atoms with Crippen molar-refractivity contribution in [3.63, 3.8) is 0 Å². The molecule has 1 atom stereocenters. The average molecular weight is 294 g/mol. The number of esters is 1. The van der Waals surface area contributed by atoms with Crippen molar-refractivity contribution in [2.75, 3.05) is 7.11 Å². The standard InChI is InChI=1S/C13H14N2O6/c1-3-7(13(18)21-2)10(14)12(17)8-5-4-6-9(11(8)16)15(19)20/h4-7,14,16H,3H2,1-2H3/t7-/m1/s1. The SMILES string of the molecule is CC[C@H](C(=N)C(=O)c1cccc([N+](=O)[O-])c1O)C(=O)OC. The summed E-state index contributed by atoms with van der Waals surface area (Å²) in [5.41, 5.74) is -1.61. The third kappa shape index (κ3) is 3.22. The Kier molecular flexibility index (Phi) is 5.12. The van der Waals surface area contributed by atoms with Crippen LogP contribution in [0.1, 0.15) is 23.7 Å². The highest BCUT2D eigenvalue weighted by atomic mass is 16.6. The first-order valence-corrected chi connectivity index (χ1v) is 6.02. The largest absolute Gasteiger partial charge is 0.502 e. The van der Waals surface area contributed by atoms with Crippen molar-refractivity contribution in [3.05, 3.63) is 33.9 Å². The first-order chi connectivity index (χ1) is 9.84. The molecule has 8 nitrogen and oxygen atoms in total. The van der Waals surface area contributed by atoms with Gasteiger partial charge in [-0.3, -0.25) is 19.7 Å². The monoisotopic (exact) mass is 294 g/mol. The van der Waals surface area contributed by atoms with Crippen molar-refractivity contribution in [1.82, 2.24) is 0 Å². The number of nitro benzene ring substituents is 1. The van der Waals surface area contributed by atoms with Crippen LogP contribution in [0.3, 0.4) is 0 Å². The maximum atomic E-state index is 12.1. The molecule has 0 saturated heterocycles. The van der Waals surface area contributed by atoms with E-state index >= 15 is 0 Å². The van der Waals surface area contributed by atoms with Crippen molar-refractivity contribution in [1.29, 1.82) is 5.41 Å². The van der Waals surface area contributed by atoms with Gasteiger partial charge in [-0.15, -0.1) is 0 Å². The van der Waals surface area contributed by atoms with Crippen LogP contribution >= 0.6 is 0 Å². The molecule has 1 aromatic rings. The van der Waals surface area contributed by atoms with Crippen molar-refractivity contribution >= 4 is 23.2 Å². The predicted molar refractivity (Wildman–Crippen MR) is 72.6 cm³/mol. The van der Waals surface area contributed by atoms with E-state index in [2.05, 4.69) is 4.74 Å². The maximum Gasteiger partial charge on any atom is 0.314 e.